The van der Waals surface area contributed by atoms with Gasteiger partial charge in [0.05, 0.1) is 0 Å². The van der Waals surface area contributed by atoms with Crippen molar-refractivity contribution >= 4 is 15.9 Å². The second kappa shape index (κ2) is 5.27. The van der Waals surface area contributed by atoms with Crippen molar-refractivity contribution in [2.75, 3.05) is 0 Å². The minimum Gasteiger partial charge on any atom is -0.472 e. The van der Waals surface area contributed by atoms with Gasteiger partial charge in [0.2, 0.25) is 5.88 Å². The van der Waals surface area contributed by atoms with Crippen LogP contribution in [0.15, 0.2) is 41.0 Å². The smallest absolute Gasteiger partial charge is 0.216 e. The lowest BCUT2D eigenvalue weighted by Gasteiger charge is -2.08. The Bertz CT molecular complexity index is 531. The van der Waals surface area contributed by atoms with Crippen LogP contribution in [0.1, 0.15) is 11.1 Å². The molecule has 4 heteroatoms. The Morgan fingerprint density at radius 2 is 2.12 bits per heavy atom. The molecule has 2 rings (SSSR count). The predicted molar refractivity (Wildman–Crippen MR) is 67.4 cm³/mol. The number of aromatic nitrogens is 1. The van der Waals surface area contributed by atoms with Crippen molar-refractivity contribution in [3.05, 3.63) is 57.9 Å². The van der Waals surface area contributed by atoms with E-state index >= 15 is 0 Å². The Balaban J connectivity index is 2.10. The molecule has 0 aliphatic heterocycles. The molecule has 2 nitrogen and oxygen atoms in total. The quantitative estimate of drug-likeness (QED) is 0.857. The summed E-state index contributed by atoms with van der Waals surface area (Å²) in [6, 6.07) is 8.46. The second-order valence-electron chi connectivity index (χ2n) is 3.66. The molecule has 1 aromatic heterocycles. The predicted octanol–water partition coefficient (Wildman–Crippen LogP) is 3.87. The molecule has 0 aliphatic rings. The van der Waals surface area contributed by atoms with Crippen molar-refractivity contribution in [1.29, 1.82) is 0 Å². The Morgan fingerprint density at radius 3 is 2.82 bits per heavy atom. The van der Waals surface area contributed by atoms with Crippen molar-refractivity contribution < 1.29 is 9.13 Å². The number of benzene rings is 1. The molecular formula is C13H11BrFNO. The molecule has 0 unspecified atom stereocenters. The zero-order valence-corrected chi connectivity index (χ0v) is 10.9. The molecule has 0 saturated carbocycles. The van der Waals surface area contributed by atoms with Crippen molar-refractivity contribution in [1.82, 2.24) is 4.98 Å². The monoisotopic (exact) mass is 295 g/mol. The van der Waals surface area contributed by atoms with E-state index in [-0.39, 0.29) is 12.4 Å². The van der Waals surface area contributed by atoms with Crippen LogP contribution in [-0.4, -0.2) is 4.98 Å². The number of nitrogens with zero attached hydrogens (tertiary/aromatic N) is 1. The van der Waals surface area contributed by atoms with Gasteiger partial charge in [-0.3, -0.25) is 0 Å². The molecule has 0 radical (unpaired) electrons. The zero-order chi connectivity index (χ0) is 12.3. The Labute approximate surface area is 108 Å². The molecule has 0 fully saturated rings. The summed E-state index contributed by atoms with van der Waals surface area (Å²) in [5.74, 6) is 0.263. The van der Waals surface area contributed by atoms with Crippen LogP contribution >= 0.6 is 15.9 Å². The van der Waals surface area contributed by atoms with Gasteiger partial charge in [-0.15, -0.1) is 0 Å². The molecule has 0 aliphatic carbocycles. The average Bonchev–Trinajstić information content (AvgIpc) is 2.30. The van der Waals surface area contributed by atoms with Gasteiger partial charge in [-0.25, -0.2) is 9.37 Å². The highest BCUT2D eigenvalue weighted by Crippen LogP contribution is 2.20. The molecule has 2 aromatic rings. The minimum absolute atomic E-state index is 0.183. The second-order valence-corrected chi connectivity index (χ2v) is 4.57. The molecule has 0 saturated heterocycles. The van der Waals surface area contributed by atoms with Crippen LogP contribution in [-0.2, 0) is 6.61 Å². The van der Waals surface area contributed by atoms with Crippen LogP contribution in [0, 0.1) is 12.7 Å². The van der Waals surface area contributed by atoms with Crippen molar-refractivity contribution in [2.24, 2.45) is 0 Å². The number of halogens is 2. The Kier molecular flexibility index (Phi) is 3.74. The summed E-state index contributed by atoms with van der Waals surface area (Å²) in [5.41, 5.74) is 1.44. The molecule has 0 spiro atoms. The van der Waals surface area contributed by atoms with Crippen LogP contribution in [0.25, 0.3) is 0 Å². The van der Waals surface area contributed by atoms with Gasteiger partial charge in [-0.2, -0.15) is 0 Å². The summed E-state index contributed by atoms with van der Waals surface area (Å²) >= 11 is 3.33. The molecule has 0 N–H and O–H groups in total. The van der Waals surface area contributed by atoms with E-state index in [0.717, 1.165) is 10.0 Å². The van der Waals surface area contributed by atoms with Gasteiger partial charge in [0.15, 0.2) is 0 Å². The van der Waals surface area contributed by atoms with E-state index in [9.17, 15) is 4.39 Å². The van der Waals surface area contributed by atoms with Gasteiger partial charge in [0.25, 0.3) is 0 Å². The van der Waals surface area contributed by atoms with Crippen LogP contribution < -0.4 is 4.74 Å². The first-order valence-electron chi connectivity index (χ1n) is 5.15. The normalized spacial score (nSPS) is 10.3. The molecule has 0 atom stereocenters. The van der Waals surface area contributed by atoms with E-state index < -0.39 is 0 Å². The van der Waals surface area contributed by atoms with Gasteiger partial charge >= 0.3 is 0 Å². The van der Waals surface area contributed by atoms with E-state index in [1.807, 2.05) is 13.0 Å². The lowest BCUT2D eigenvalue weighted by atomic mass is 10.2. The van der Waals surface area contributed by atoms with Crippen LogP contribution in [0.3, 0.4) is 0 Å². The van der Waals surface area contributed by atoms with Gasteiger partial charge < -0.3 is 4.74 Å². The van der Waals surface area contributed by atoms with Crippen molar-refractivity contribution in [3.63, 3.8) is 0 Å². The first-order chi connectivity index (χ1) is 8.16. The number of hydrogen-bond donors (Lipinski definition) is 0. The average molecular weight is 296 g/mol. The SMILES string of the molecule is Cc1cc(Br)cnc1OCc1ccccc1F. The maximum absolute atomic E-state index is 13.3. The molecule has 88 valence electrons. The molecule has 0 amide bonds. The van der Waals surface area contributed by atoms with E-state index in [4.69, 9.17) is 4.74 Å². The number of rotatable bonds is 3. The number of hydrogen-bond acceptors (Lipinski definition) is 2. The third-order valence-electron chi connectivity index (χ3n) is 2.32. The maximum atomic E-state index is 13.3. The third-order valence-corrected chi connectivity index (χ3v) is 2.75. The molecule has 17 heavy (non-hydrogen) atoms. The summed E-state index contributed by atoms with van der Waals surface area (Å²) in [4.78, 5) is 4.13. The minimum atomic E-state index is -0.262. The van der Waals surface area contributed by atoms with Gasteiger partial charge in [0, 0.05) is 21.8 Å². The largest absolute Gasteiger partial charge is 0.472 e. The molecular weight excluding hydrogens is 285 g/mol. The van der Waals surface area contributed by atoms with Crippen molar-refractivity contribution in [2.45, 2.75) is 13.5 Å². The van der Waals surface area contributed by atoms with Gasteiger partial charge in [0.1, 0.15) is 12.4 Å². The fourth-order valence-electron chi connectivity index (χ4n) is 1.44. The standard InChI is InChI=1S/C13H11BrFNO/c1-9-6-11(14)7-16-13(9)17-8-10-4-2-3-5-12(10)15/h2-7H,8H2,1H3. The first-order valence-corrected chi connectivity index (χ1v) is 5.94. The summed E-state index contributed by atoms with van der Waals surface area (Å²) in [6.07, 6.45) is 1.66. The van der Waals surface area contributed by atoms with E-state index in [1.165, 1.54) is 6.07 Å². The topological polar surface area (TPSA) is 22.1 Å². The fraction of sp³-hybridized carbons (Fsp3) is 0.154. The van der Waals surface area contributed by atoms with E-state index in [0.29, 0.717) is 11.4 Å². The Hall–Kier alpha value is -1.42. The lowest BCUT2D eigenvalue weighted by molar-refractivity contribution is 0.286. The van der Waals surface area contributed by atoms with Gasteiger partial charge in [-0.05, 0) is 35.0 Å². The molecule has 0 bridgehead atoms. The Morgan fingerprint density at radius 1 is 1.35 bits per heavy atom. The number of ether oxygens (including phenoxy) is 1. The zero-order valence-electron chi connectivity index (χ0n) is 9.28. The lowest BCUT2D eigenvalue weighted by Crippen LogP contribution is -2.01. The molecule has 1 heterocycles. The van der Waals surface area contributed by atoms with Gasteiger partial charge in [-0.1, -0.05) is 18.2 Å². The van der Waals surface area contributed by atoms with Crippen LogP contribution in [0.5, 0.6) is 5.88 Å². The maximum Gasteiger partial charge on any atom is 0.216 e. The third kappa shape index (κ3) is 3.03. The number of pyridine rings is 1. The summed E-state index contributed by atoms with van der Waals surface area (Å²) in [7, 11) is 0. The van der Waals surface area contributed by atoms with Crippen molar-refractivity contribution in [3.8, 4) is 5.88 Å². The fourth-order valence-corrected chi connectivity index (χ4v) is 1.89. The summed E-state index contributed by atoms with van der Waals surface area (Å²) < 4.78 is 19.7. The highest BCUT2D eigenvalue weighted by atomic mass is 79.9. The van der Waals surface area contributed by atoms with Crippen LogP contribution in [0.2, 0.25) is 0 Å². The molecule has 1 aromatic carbocycles. The van der Waals surface area contributed by atoms with Crippen LogP contribution in [0.4, 0.5) is 4.39 Å². The van der Waals surface area contributed by atoms with E-state index in [1.54, 1.807) is 24.4 Å². The summed E-state index contributed by atoms with van der Waals surface area (Å²) in [6.45, 7) is 2.08. The number of aryl methyl sites for hydroxylation is 1. The summed E-state index contributed by atoms with van der Waals surface area (Å²) in [5, 5.41) is 0. The highest BCUT2D eigenvalue weighted by molar-refractivity contribution is 9.10. The first kappa shape index (κ1) is 12.0. The highest BCUT2D eigenvalue weighted by Gasteiger charge is 2.05. The van der Waals surface area contributed by atoms with E-state index in [2.05, 4.69) is 20.9 Å².